The second kappa shape index (κ2) is 7.16. The molecule has 0 radical (unpaired) electrons. The molecule has 0 atom stereocenters. The molecule has 0 N–H and O–H groups in total. The van der Waals surface area contributed by atoms with Gasteiger partial charge in [0, 0.05) is 11.1 Å². The molecule has 0 saturated heterocycles. The van der Waals surface area contributed by atoms with Crippen LogP contribution in [0.4, 0.5) is 0 Å². The Labute approximate surface area is 163 Å². The molecule has 4 rings (SSSR count). The van der Waals surface area contributed by atoms with Crippen LogP contribution in [0.3, 0.4) is 0 Å². The monoisotopic (exact) mass is 370 g/mol. The average molecular weight is 370 g/mol. The van der Waals surface area contributed by atoms with Gasteiger partial charge in [0.25, 0.3) is 0 Å². The van der Waals surface area contributed by atoms with Crippen molar-refractivity contribution >= 4 is 22.7 Å². The summed E-state index contributed by atoms with van der Waals surface area (Å²) in [5, 5.41) is 0. The molecule has 0 aromatic heterocycles. The maximum Gasteiger partial charge on any atom is 0.228 e. The third-order valence-electron chi connectivity index (χ3n) is 4.87. The van der Waals surface area contributed by atoms with E-state index in [-0.39, 0.29) is 11.6 Å². The smallest absolute Gasteiger partial charge is 0.228 e. The zero-order valence-corrected chi connectivity index (χ0v) is 15.6. The minimum absolute atomic E-state index is 0.127. The second-order valence-electron chi connectivity index (χ2n) is 6.42. The van der Waals surface area contributed by atoms with Gasteiger partial charge in [0.15, 0.2) is 11.5 Å². The van der Waals surface area contributed by atoms with Crippen LogP contribution in [0, 0.1) is 0 Å². The summed E-state index contributed by atoms with van der Waals surface area (Å²) in [6, 6.07) is 14.9. The SMILES string of the molecule is COC1=C/C(=C/C=C2\C=C(OC)C(=O)c3ccccc32)c2ccccc2C1=O. The molecule has 0 amide bonds. The fraction of sp³-hybridized carbons (Fsp3) is 0.0833. The van der Waals surface area contributed by atoms with Gasteiger partial charge in [0.05, 0.1) is 14.2 Å². The molecule has 28 heavy (non-hydrogen) atoms. The number of benzene rings is 2. The normalized spacial score (nSPS) is 18.4. The molecule has 0 saturated carbocycles. The van der Waals surface area contributed by atoms with E-state index in [2.05, 4.69) is 0 Å². The van der Waals surface area contributed by atoms with Gasteiger partial charge in [-0.1, -0.05) is 60.7 Å². The number of carbonyl (C=O) groups excluding carboxylic acids is 2. The molecule has 0 heterocycles. The van der Waals surface area contributed by atoms with E-state index < -0.39 is 0 Å². The highest BCUT2D eigenvalue weighted by Gasteiger charge is 2.25. The third-order valence-corrected chi connectivity index (χ3v) is 4.87. The summed E-state index contributed by atoms with van der Waals surface area (Å²) in [7, 11) is 2.98. The number of carbonyl (C=O) groups is 2. The molecular formula is C24H18O4. The molecule has 0 fully saturated rings. The molecule has 4 heteroatoms. The highest BCUT2D eigenvalue weighted by molar-refractivity contribution is 6.16. The quantitative estimate of drug-likeness (QED) is 0.792. The number of allylic oxidation sites excluding steroid dienone is 8. The van der Waals surface area contributed by atoms with Crippen LogP contribution in [0.25, 0.3) is 11.1 Å². The summed E-state index contributed by atoms with van der Waals surface area (Å²) >= 11 is 0. The van der Waals surface area contributed by atoms with Crippen molar-refractivity contribution in [1.29, 1.82) is 0 Å². The molecule has 2 aliphatic carbocycles. The number of ketones is 2. The predicted octanol–water partition coefficient (Wildman–Crippen LogP) is 4.61. The first-order valence-corrected chi connectivity index (χ1v) is 8.85. The van der Waals surface area contributed by atoms with Crippen LogP contribution in [0.15, 0.2) is 84.4 Å². The van der Waals surface area contributed by atoms with Crippen LogP contribution in [-0.2, 0) is 9.47 Å². The van der Waals surface area contributed by atoms with E-state index in [1.165, 1.54) is 14.2 Å². The maximum absolute atomic E-state index is 12.5. The van der Waals surface area contributed by atoms with Gasteiger partial charge in [-0.05, 0) is 34.4 Å². The summed E-state index contributed by atoms with van der Waals surface area (Å²) in [4.78, 5) is 25.0. The number of hydrogen-bond donors (Lipinski definition) is 0. The van der Waals surface area contributed by atoms with E-state index in [4.69, 9.17) is 9.47 Å². The summed E-state index contributed by atoms with van der Waals surface area (Å²) in [6.45, 7) is 0. The second-order valence-corrected chi connectivity index (χ2v) is 6.42. The summed E-state index contributed by atoms with van der Waals surface area (Å²) < 4.78 is 10.5. The molecule has 0 spiro atoms. The fourth-order valence-corrected chi connectivity index (χ4v) is 3.46. The minimum Gasteiger partial charge on any atom is -0.493 e. The highest BCUT2D eigenvalue weighted by atomic mass is 16.5. The van der Waals surface area contributed by atoms with Crippen LogP contribution in [-0.4, -0.2) is 25.8 Å². The maximum atomic E-state index is 12.5. The summed E-state index contributed by atoms with van der Waals surface area (Å²) in [5.41, 5.74) is 4.64. The van der Waals surface area contributed by atoms with Crippen LogP contribution in [0.1, 0.15) is 31.8 Å². The number of fused-ring (bicyclic) bond motifs is 2. The first-order valence-electron chi connectivity index (χ1n) is 8.85. The van der Waals surface area contributed by atoms with E-state index in [1.807, 2.05) is 48.6 Å². The standard InChI is InChI=1S/C24H18O4/c1-27-21-13-15(17-7-3-5-9-19(17)23(21)25)11-12-16-14-22(28-2)24(26)20-10-6-4-8-18(16)20/h3-14H,1-2H3/b15-11-,16-12+. The number of Topliss-reactive ketones (excluding diaryl/α,β-unsaturated/α-hetero) is 2. The molecule has 0 unspecified atom stereocenters. The van der Waals surface area contributed by atoms with Gasteiger partial charge >= 0.3 is 0 Å². The van der Waals surface area contributed by atoms with Crippen LogP contribution in [0.2, 0.25) is 0 Å². The topological polar surface area (TPSA) is 52.6 Å². The van der Waals surface area contributed by atoms with Gasteiger partial charge in [0.1, 0.15) is 0 Å². The van der Waals surface area contributed by atoms with Crippen molar-refractivity contribution in [2.75, 3.05) is 14.2 Å². The van der Waals surface area contributed by atoms with Crippen molar-refractivity contribution in [3.05, 3.63) is 107 Å². The molecule has 2 aromatic rings. The molecule has 0 aliphatic heterocycles. The Morgan fingerprint density at radius 1 is 0.607 bits per heavy atom. The first-order chi connectivity index (χ1) is 13.6. The Morgan fingerprint density at radius 3 is 1.32 bits per heavy atom. The van der Waals surface area contributed by atoms with Crippen molar-refractivity contribution in [2.24, 2.45) is 0 Å². The van der Waals surface area contributed by atoms with Gasteiger partial charge in [-0.25, -0.2) is 0 Å². The Hall–Kier alpha value is -3.66. The van der Waals surface area contributed by atoms with E-state index in [0.717, 1.165) is 22.3 Å². The lowest BCUT2D eigenvalue weighted by Crippen LogP contribution is -2.13. The summed E-state index contributed by atoms with van der Waals surface area (Å²) in [5.74, 6) is 0.350. The molecule has 4 nitrogen and oxygen atoms in total. The van der Waals surface area contributed by atoms with Crippen LogP contribution in [0.5, 0.6) is 0 Å². The zero-order chi connectivity index (χ0) is 19.7. The lowest BCUT2D eigenvalue weighted by atomic mass is 9.88. The van der Waals surface area contributed by atoms with Crippen molar-refractivity contribution in [2.45, 2.75) is 0 Å². The number of hydrogen-bond acceptors (Lipinski definition) is 4. The number of methoxy groups -OCH3 is 2. The highest BCUT2D eigenvalue weighted by Crippen LogP contribution is 2.32. The molecule has 2 aromatic carbocycles. The predicted molar refractivity (Wildman–Crippen MR) is 108 cm³/mol. The van der Waals surface area contributed by atoms with Gasteiger partial charge in [0.2, 0.25) is 11.6 Å². The molecule has 0 bridgehead atoms. The van der Waals surface area contributed by atoms with Crippen molar-refractivity contribution in [3.63, 3.8) is 0 Å². The van der Waals surface area contributed by atoms with Gasteiger partial charge in [-0.3, -0.25) is 9.59 Å². The van der Waals surface area contributed by atoms with Crippen molar-refractivity contribution < 1.29 is 19.1 Å². The lowest BCUT2D eigenvalue weighted by molar-refractivity contribution is 0.0945. The largest absolute Gasteiger partial charge is 0.493 e. The fourth-order valence-electron chi connectivity index (χ4n) is 3.46. The minimum atomic E-state index is -0.127. The van der Waals surface area contributed by atoms with E-state index in [0.29, 0.717) is 22.6 Å². The number of ether oxygens (including phenoxy) is 2. The zero-order valence-electron chi connectivity index (χ0n) is 15.6. The Bertz CT molecular complexity index is 1020. The Balaban J connectivity index is 1.86. The van der Waals surface area contributed by atoms with Crippen molar-refractivity contribution in [3.8, 4) is 0 Å². The Kier molecular flexibility index (Phi) is 4.53. The first kappa shape index (κ1) is 17.7. The van der Waals surface area contributed by atoms with E-state index >= 15 is 0 Å². The summed E-state index contributed by atoms with van der Waals surface area (Å²) in [6.07, 6.45) is 7.33. The lowest BCUT2D eigenvalue weighted by Gasteiger charge is -2.18. The van der Waals surface area contributed by atoms with E-state index in [1.54, 1.807) is 24.3 Å². The van der Waals surface area contributed by atoms with E-state index in [9.17, 15) is 9.59 Å². The number of rotatable bonds is 3. The third kappa shape index (κ3) is 2.89. The molecular weight excluding hydrogens is 352 g/mol. The molecule has 138 valence electrons. The van der Waals surface area contributed by atoms with Gasteiger partial charge in [-0.15, -0.1) is 0 Å². The van der Waals surface area contributed by atoms with Crippen LogP contribution >= 0.6 is 0 Å². The van der Waals surface area contributed by atoms with Crippen LogP contribution < -0.4 is 0 Å². The van der Waals surface area contributed by atoms with Gasteiger partial charge in [-0.2, -0.15) is 0 Å². The molecule has 2 aliphatic rings. The van der Waals surface area contributed by atoms with Gasteiger partial charge < -0.3 is 9.47 Å². The average Bonchev–Trinajstić information content (AvgIpc) is 2.75. The van der Waals surface area contributed by atoms with Crippen molar-refractivity contribution in [1.82, 2.24) is 0 Å². The Morgan fingerprint density at radius 2 is 0.964 bits per heavy atom.